The molecule has 0 amide bonds. The number of nitrogens with zero attached hydrogens (tertiary/aromatic N) is 1. The summed E-state index contributed by atoms with van der Waals surface area (Å²) in [5.74, 6) is -0.687. The van der Waals surface area contributed by atoms with Crippen LogP contribution in [-0.2, 0) is 0 Å². The Hall–Kier alpha value is -2.14. The van der Waals surface area contributed by atoms with Crippen LogP contribution in [0.25, 0.3) is 0 Å². The summed E-state index contributed by atoms with van der Waals surface area (Å²) in [5.41, 5.74) is 0.859. The molecule has 1 unspecified atom stereocenters. The fraction of sp³-hybridized carbons (Fsp3) is 0.200. The van der Waals surface area contributed by atoms with Crippen LogP contribution in [0.2, 0.25) is 5.02 Å². The number of hydrogen-bond donors (Lipinski definition) is 1. The lowest BCUT2D eigenvalue weighted by Crippen LogP contribution is -2.11. The van der Waals surface area contributed by atoms with Crippen molar-refractivity contribution in [1.82, 2.24) is 0 Å². The van der Waals surface area contributed by atoms with Crippen LogP contribution in [0.1, 0.15) is 24.9 Å². The average molecular weight is 309 g/mol. The minimum Gasteiger partial charge on any atom is -0.373 e. The van der Waals surface area contributed by atoms with Crippen molar-refractivity contribution >= 4 is 23.0 Å². The van der Waals surface area contributed by atoms with E-state index in [1.807, 2.05) is 37.3 Å². The Kier molecular flexibility index (Phi) is 4.75. The Morgan fingerprint density at radius 1 is 1.33 bits per heavy atom. The van der Waals surface area contributed by atoms with Gasteiger partial charge in [-0.3, -0.25) is 10.1 Å². The van der Waals surface area contributed by atoms with Gasteiger partial charge in [0, 0.05) is 12.1 Å². The van der Waals surface area contributed by atoms with Gasteiger partial charge in [0.2, 0.25) is 0 Å². The molecule has 0 aliphatic carbocycles. The Balaban J connectivity index is 2.37. The molecule has 0 aliphatic rings. The van der Waals surface area contributed by atoms with Gasteiger partial charge in [-0.05, 0) is 12.0 Å². The zero-order chi connectivity index (χ0) is 15.4. The third-order valence-corrected chi connectivity index (χ3v) is 3.46. The van der Waals surface area contributed by atoms with Crippen molar-refractivity contribution in [2.75, 3.05) is 5.32 Å². The number of nitrogens with one attached hydrogen (secondary N) is 1. The normalized spacial score (nSPS) is 12.0. The lowest BCUT2D eigenvalue weighted by molar-refractivity contribution is -0.384. The van der Waals surface area contributed by atoms with E-state index < -0.39 is 10.7 Å². The predicted molar refractivity (Wildman–Crippen MR) is 81.2 cm³/mol. The highest BCUT2D eigenvalue weighted by atomic mass is 35.5. The Bertz CT molecular complexity index is 650. The van der Waals surface area contributed by atoms with E-state index >= 15 is 0 Å². The average Bonchev–Trinajstić information content (AvgIpc) is 2.48. The van der Waals surface area contributed by atoms with Crippen molar-refractivity contribution in [2.45, 2.75) is 19.4 Å². The first kappa shape index (κ1) is 15.3. The minimum atomic E-state index is -0.687. The van der Waals surface area contributed by atoms with E-state index in [-0.39, 0.29) is 22.4 Å². The van der Waals surface area contributed by atoms with E-state index in [1.54, 1.807) is 0 Å². The fourth-order valence-corrected chi connectivity index (χ4v) is 2.26. The maximum Gasteiger partial charge on any atom is 0.294 e. The largest absolute Gasteiger partial charge is 0.373 e. The number of halogens is 2. The third-order valence-electron chi connectivity index (χ3n) is 3.18. The lowest BCUT2D eigenvalue weighted by atomic mass is 10.0. The summed E-state index contributed by atoms with van der Waals surface area (Å²) in [6.45, 7) is 1.95. The monoisotopic (exact) mass is 308 g/mol. The highest BCUT2D eigenvalue weighted by molar-refractivity contribution is 6.31. The Labute approximate surface area is 126 Å². The summed E-state index contributed by atoms with van der Waals surface area (Å²) in [4.78, 5) is 10.5. The molecule has 21 heavy (non-hydrogen) atoms. The lowest BCUT2D eigenvalue weighted by Gasteiger charge is -2.19. The number of anilines is 1. The van der Waals surface area contributed by atoms with E-state index in [0.717, 1.165) is 17.7 Å². The number of benzene rings is 2. The zero-order valence-electron chi connectivity index (χ0n) is 11.3. The standard InChI is InChI=1S/C15H14ClFN2O2/c1-2-13(10-6-4-3-5-7-10)18-14-9-12(17)11(16)8-15(14)19(20)21/h3-9,13,18H,2H2,1H3. The van der Waals surface area contributed by atoms with E-state index in [0.29, 0.717) is 6.42 Å². The molecule has 1 N–H and O–H groups in total. The topological polar surface area (TPSA) is 55.2 Å². The van der Waals surface area contributed by atoms with Gasteiger partial charge in [0.1, 0.15) is 11.5 Å². The molecule has 0 bridgehead atoms. The van der Waals surface area contributed by atoms with Crippen molar-refractivity contribution < 1.29 is 9.31 Å². The third kappa shape index (κ3) is 3.49. The number of nitro groups is 1. The van der Waals surface area contributed by atoms with E-state index in [9.17, 15) is 14.5 Å². The van der Waals surface area contributed by atoms with Gasteiger partial charge < -0.3 is 5.32 Å². The molecule has 4 nitrogen and oxygen atoms in total. The molecule has 0 aromatic heterocycles. The molecule has 2 aromatic rings. The summed E-state index contributed by atoms with van der Waals surface area (Å²) in [6.07, 6.45) is 0.700. The maximum atomic E-state index is 13.6. The van der Waals surface area contributed by atoms with Crippen molar-refractivity contribution in [3.63, 3.8) is 0 Å². The van der Waals surface area contributed by atoms with Crippen LogP contribution < -0.4 is 5.32 Å². The Morgan fingerprint density at radius 2 is 2.00 bits per heavy atom. The van der Waals surface area contributed by atoms with Crippen LogP contribution in [0.3, 0.4) is 0 Å². The van der Waals surface area contributed by atoms with Crippen LogP contribution in [0.5, 0.6) is 0 Å². The second kappa shape index (κ2) is 6.54. The first-order chi connectivity index (χ1) is 10.0. The molecule has 0 saturated carbocycles. The van der Waals surface area contributed by atoms with Crippen LogP contribution >= 0.6 is 11.6 Å². The van der Waals surface area contributed by atoms with Gasteiger partial charge in [-0.2, -0.15) is 0 Å². The summed E-state index contributed by atoms with van der Waals surface area (Å²) < 4.78 is 13.6. The SMILES string of the molecule is CCC(Nc1cc(F)c(Cl)cc1[N+](=O)[O-])c1ccccc1. The van der Waals surface area contributed by atoms with Crippen molar-refractivity contribution in [3.05, 3.63) is 69.0 Å². The molecular weight excluding hydrogens is 295 g/mol. The summed E-state index contributed by atoms with van der Waals surface area (Å²) in [7, 11) is 0. The fourth-order valence-electron chi connectivity index (χ4n) is 2.10. The number of rotatable bonds is 5. The molecule has 2 aromatic carbocycles. The molecule has 0 saturated heterocycles. The highest BCUT2D eigenvalue weighted by Crippen LogP contribution is 2.33. The van der Waals surface area contributed by atoms with Crippen LogP contribution in [0.15, 0.2) is 42.5 Å². The second-order valence-electron chi connectivity index (χ2n) is 4.56. The van der Waals surface area contributed by atoms with E-state index in [2.05, 4.69) is 5.32 Å². The maximum absolute atomic E-state index is 13.6. The summed E-state index contributed by atoms with van der Waals surface area (Å²) >= 11 is 5.61. The molecule has 0 spiro atoms. The molecule has 2 rings (SSSR count). The number of nitro benzene ring substituents is 1. The molecule has 110 valence electrons. The minimum absolute atomic E-state index is 0.123. The molecule has 0 aliphatic heterocycles. The molecule has 0 heterocycles. The molecule has 0 radical (unpaired) electrons. The number of hydrogen-bond acceptors (Lipinski definition) is 3. The van der Waals surface area contributed by atoms with E-state index in [4.69, 9.17) is 11.6 Å². The molecule has 0 fully saturated rings. The molecular formula is C15H14ClFN2O2. The smallest absolute Gasteiger partial charge is 0.294 e. The van der Waals surface area contributed by atoms with Crippen molar-refractivity contribution in [3.8, 4) is 0 Å². The first-order valence-corrected chi connectivity index (χ1v) is 6.85. The Morgan fingerprint density at radius 3 is 2.57 bits per heavy atom. The predicted octanol–water partition coefficient (Wildman–Crippen LogP) is 4.95. The van der Waals surface area contributed by atoms with Gasteiger partial charge in [0.05, 0.1) is 16.0 Å². The van der Waals surface area contributed by atoms with Gasteiger partial charge in [-0.1, -0.05) is 48.9 Å². The first-order valence-electron chi connectivity index (χ1n) is 6.47. The van der Waals surface area contributed by atoms with Gasteiger partial charge in [-0.15, -0.1) is 0 Å². The highest BCUT2D eigenvalue weighted by Gasteiger charge is 2.20. The van der Waals surface area contributed by atoms with Crippen LogP contribution in [-0.4, -0.2) is 4.92 Å². The van der Waals surface area contributed by atoms with Crippen molar-refractivity contribution in [2.24, 2.45) is 0 Å². The molecule has 6 heteroatoms. The van der Waals surface area contributed by atoms with E-state index in [1.165, 1.54) is 0 Å². The van der Waals surface area contributed by atoms with Gasteiger partial charge >= 0.3 is 0 Å². The quantitative estimate of drug-likeness (QED) is 0.628. The second-order valence-corrected chi connectivity index (χ2v) is 4.96. The van der Waals surface area contributed by atoms with Crippen LogP contribution in [0.4, 0.5) is 15.8 Å². The van der Waals surface area contributed by atoms with Gasteiger partial charge in [0.15, 0.2) is 0 Å². The summed E-state index contributed by atoms with van der Waals surface area (Å²) in [5, 5.41) is 13.8. The zero-order valence-corrected chi connectivity index (χ0v) is 12.1. The molecule has 1 atom stereocenters. The summed E-state index contributed by atoms with van der Waals surface area (Å²) in [6, 6.07) is 11.4. The van der Waals surface area contributed by atoms with Gasteiger partial charge in [-0.25, -0.2) is 4.39 Å². The van der Waals surface area contributed by atoms with Crippen LogP contribution in [0, 0.1) is 15.9 Å². The van der Waals surface area contributed by atoms with Crippen molar-refractivity contribution in [1.29, 1.82) is 0 Å². The van der Waals surface area contributed by atoms with Gasteiger partial charge in [0.25, 0.3) is 5.69 Å².